The SMILES string of the molecule is Cc1ccc2sc(N3CCN(C(=O)c4ccn(C(C)C)n4)CC3)nc2c1C. The molecule has 1 fully saturated rings. The van der Waals surface area contributed by atoms with Crippen molar-refractivity contribution in [1.82, 2.24) is 19.7 Å². The Labute approximate surface area is 163 Å². The highest BCUT2D eigenvalue weighted by Gasteiger charge is 2.25. The van der Waals surface area contributed by atoms with Crippen molar-refractivity contribution in [2.75, 3.05) is 31.1 Å². The Balaban J connectivity index is 1.45. The van der Waals surface area contributed by atoms with Gasteiger partial charge in [-0.3, -0.25) is 9.48 Å². The minimum atomic E-state index is 0.0184. The Bertz CT molecular complexity index is 982. The second kappa shape index (κ2) is 6.96. The molecule has 7 heteroatoms. The first-order valence-corrected chi connectivity index (χ1v) is 10.2. The molecule has 0 saturated carbocycles. The molecular formula is C20H25N5OS. The van der Waals surface area contributed by atoms with Gasteiger partial charge < -0.3 is 9.80 Å². The summed E-state index contributed by atoms with van der Waals surface area (Å²) in [7, 11) is 0. The van der Waals surface area contributed by atoms with E-state index in [1.54, 1.807) is 11.3 Å². The number of thiazole rings is 1. The number of nitrogens with zero attached hydrogens (tertiary/aromatic N) is 5. The van der Waals surface area contributed by atoms with Crippen LogP contribution in [0.1, 0.15) is 41.5 Å². The van der Waals surface area contributed by atoms with E-state index in [2.05, 4.69) is 49.8 Å². The monoisotopic (exact) mass is 383 g/mol. The number of benzene rings is 1. The molecule has 0 unspecified atom stereocenters. The quantitative estimate of drug-likeness (QED) is 0.693. The summed E-state index contributed by atoms with van der Waals surface area (Å²) in [5, 5.41) is 5.46. The zero-order valence-corrected chi connectivity index (χ0v) is 17.1. The molecule has 0 radical (unpaired) electrons. The molecule has 27 heavy (non-hydrogen) atoms. The number of amides is 1. The number of aromatic nitrogens is 3. The lowest BCUT2D eigenvalue weighted by Crippen LogP contribution is -2.48. The summed E-state index contributed by atoms with van der Waals surface area (Å²) in [6, 6.07) is 6.39. The zero-order valence-electron chi connectivity index (χ0n) is 16.3. The zero-order chi connectivity index (χ0) is 19.1. The van der Waals surface area contributed by atoms with Gasteiger partial charge >= 0.3 is 0 Å². The number of hydrogen-bond donors (Lipinski definition) is 0. The van der Waals surface area contributed by atoms with Crippen LogP contribution in [0.2, 0.25) is 0 Å². The van der Waals surface area contributed by atoms with E-state index in [4.69, 9.17) is 4.98 Å². The highest BCUT2D eigenvalue weighted by Crippen LogP contribution is 2.32. The summed E-state index contributed by atoms with van der Waals surface area (Å²) in [6.07, 6.45) is 1.87. The van der Waals surface area contributed by atoms with Gasteiger partial charge in [-0.15, -0.1) is 0 Å². The Morgan fingerprint density at radius 2 is 1.85 bits per heavy atom. The normalized spacial score (nSPS) is 15.1. The van der Waals surface area contributed by atoms with Crippen LogP contribution >= 0.6 is 11.3 Å². The largest absolute Gasteiger partial charge is 0.345 e. The number of carbonyl (C=O) groups excluding carboxylic acids is 1. The lowest BCUT2D eigenvalue weighted by atomic mass is 10.1. The van der Waals surface area contributed by atoms with Gasteiger partial charge in [-0.2, -0.15) is 5.10 Å². The third-order valence-electron chi connectivity index (χ3n) is 5.27. The number of carbonyl (C=O) groups is 1. The van der Waals surface area contributed by atoms with Crippen molar-refractivity contribution in [3.05, 3.63) is 41.2 Å². The van der Waals surface area contributed by atoms with Gasteiger partial charge in [0.25, 0.3) is 5.91 Å². The molecule has 1 amide bonds. The van der Waals surface area contributed by atoms with Crippen LogP contribution in [-0.2, 0) is 0 Å². The van der Waals surface area contributed by atoms with Crippen molar-refractivity contribution in [1.29, 1.82) is 0 Å². The van der Waals surface area contributed by atoms with Gasteiger partial charge in [-0.25, -0.2) is 4.98 Å². The average Bonchev–Trinajstić information content (AvgIpc) is 3.32. The second-order valence-electron chi connectivity index (χ2n) is 7.40. The summed E-state index contributed by atoms with van der Waals surface area (Å²) >= 11 is 1.73. The van der Waals surface area contributed by atoms with Crippen molar-refractivity contribution >= 4 is 32.6 Å². The molecule has 0 N–H and O–H groups in total. The minimum Gasteiger partial charge on any atom is -0.345 e. The Morgan fingerprint density at radius 1 is 1.11 bits per heavy atom. The van der Waals surface area contributed by atoms with E-state index >= 15 is 0 Å². The molecule has 1 aliphatic heterocycles. The molecular weight excluding hydrogens is 358 g/mol. The second-order valence-corrected chi connectivity index (χ2v) is 8.41. The number of fused-ring (bicyclic) bond motifs is 1. The number of hydrogen-bond acceptors (Lipinski definition) is 5. The molecule has 3 heterocycles. The van der Waals surface area contributed by atoms with Crippen LogP contribution in [0.3, 0.4) is 0 Å². The smallest absolute Gasteiger partial charge is 0.274 e. The third kappa shape index (κ3) is 3.32. The first kappa shape index (κ1) is 18.0. The van der Waals surface area contributed by atoms with Crippen LogP contribution < -0.4 is 4.90 Å². The van der Waals surface area contributed by atoms with Gasteiger partial charge in [0, 0.05) is 38.4 Å². The van der Waals surface area contributed by atoms with Crippen LogP contribution in [0.4, 0.5) is 5.13 Å². The van der Waals surface area contributed by atoms with Crippen molar-refractivity contribution in [2.45, 2.75) is 33.7 Å². The lowest BCUT2D eigenvalue weighted by molar-refractivity contribution is 0.0739. The lowest BCUT2D eigenvalue weighted by Gasteiger charge is -2.34. The molecule has 0 atom stereocenters. The van der Waals surface area contributed by atoms with E-state index in [-0.39, 0.29) is 11.9 Å². The average molecular weight is 384 g/mol. The van der Waals surface area contributed by atoms with E-state index in [1.807, 2.05) is 21.8 Å². The molecule has 4 rings (SSSR count). The van der Waals surface area contributed by atoms with Gasteiger partial charge in [-0.1, -0.05) is 17.4 Å². The van der Waals surface area contributed by atoms with Crippen LogP contribution in [0, 0.1) is 13.8 Å². The molecule has 3 aromatic rings. The summed E-state index contributed by atoms with van der Waals surface area (Å²) in [5.74, 6) is 0.0184. The van der Waals surface area contributed by atoms with Crippen LogP contribution in [0.15, 0.2) is 24.4 Å². The molecule has 2 aromatic heterocycles. The fourth-order valence-electron chi connectivity index (χ4n) is 3.35. The number of aryl methyl sites for hydroxylation is 2. The summed E-state index contributed by atoms with van der Waals surface area (Å²) < 4.78 is 3.06. The topological polar surface area (TPSA) is 54.3 Å². The molecule has 0 bridgehead atoms. The Kier molecular flexibility index (Phi) is 4.63. The molecule has 0 spiro atoms. The number of piperazine rings is 1. The molecule has 142 valence electrons. The molecule has 1 aliphatic rings. The van der Waals surface area contributed by atoms with Crippen LogP contribution in [0.25, 0.3) is 10.2 Å². The van der Waals surface area contributed by atoms with Gasteiger partial charge in [0.15, 0.2) is 5.13 Å². The fourth-order valence-corrected chi connectivity index (χ4v) is 4.43. The van der Waals surface area contributed by atoms with Gasteiger partial charge in [0.1, 0.15) is 5.69 Å². The van der Waals surface area contributed by atoms with Gasteiger partial charge in [0.05, 0.1) is 10.2 Å². The van der Waals surface area contributed by atoms with Crippen LogP contribution in [0.5, 0.6) is 0 Å². The van der Waals surface area contributed by atoms with Crippen molar-refractivity contribution in [2.24, 2.45) is 0 Å². The highest BCUT2D eigenvalue weighted by molar-refractivity contribution is 7.22. The van der Waals surface area contributed by atoms with Crippen molar-refractivity contribution in [3.63, 3.8) is 0 Å². The maximum absolute atomic E-state index is 12.7. The van der Waals surface area contributed by atoms with E-state index in [9.17, 15) is 4.79 Å². The molecule has 1 aromatic carbocycles. The fraction of sp³-hybridized carbons (Fsp3) is 0.450. The molecule has 0 aliphatic carbocycles. The van der Waals surface area contributed by atoms with Crippen molar-refractivity contribution < 1.29 is 4.79 Å². The minimum absolute atomic E-state index is 0.0184. The van der Waals surface area contributed by atoms with Crippen molar-refractivity contribution in [3.8, 4) is 0 Å². The number of anilines is 1. The summed E-state index contributed by atoms with van der Waals surface area (Å²) in [5.41, 5.74) is 4.16. The van der Waals surface area contributed by atoms with E-state index < -0.39 is 0 Å². The molecule has 6 nitrogen and oxygen atoms in total. The van der Waals surface area contributed by atoms with Gasteiger partial charge in [0.2, 0.25) is 0 Å². The van der Waals surface area contributed by atoms with E-state index in [1.165, 1.54) is 15.8 Å². The van der Waals surface area contributed by atoms with E-state index in [0.717, 1.165) is 23.7 Å². The predicted octanol–water partition coefficient (Wildman–Crippen LogP) is 3.65. The Hall–Kier alpha value is -2.41. The Morgan fingerprint density at radius 3 is 2.52 bits per heavy atom. The first-order chi connectivity index (χ1) is 12.9. The first-order valence-electron chi connectivity index (χ1n) is 9.40. The maximum Gasteiger partial charge on any atom is 0.274 e. The van der Waals surface area contributed by atoms with Crippen LogP contribution in [-0.4, -0.2) is 51.8 Å². The predicted molar refractivity (Wildman–Crippen MR) is 110 cm³/mol. The third-order valence-corrected chi connectivity index (χ3v) is 6.35. The highest BCUT2D eigenvalue weighted by atomic mass is 32.1. The summed E-state index contributed by atoms with van der Waals surface area (Å²) in [6.45, 7) is 11.4. The number of rotatable bonds is 3. The van der Waals surface area contributed by atoms with Gasteiger partial charge in [-0.05, 0) is 51.0 Å². The van der Waals surface area contributed by atoms with E-state index in [0.29, 0.717) is 18.8 Å². The summed E-state index contributed by atoms with van der Waals surface area (Å²) in [4.78, 5) is 21.8. The maximum atomic E-state index is 12.7. The molecule has 1 saturated heterocycles. The standard InChI is InChI=1S/C20H25N5OS/c1-13(2)25-8-7-16(22-25)19(26)23-9-11-24(12-10-23)20-21-18-15(4)14(3)5-6-17(18)27-20/h5-8,13H,9-12H2,1-4H3.